The molecule has 4 heteroatoms. The Bertz CT molecular complexity index is 565. The second kappa shape index (κ2) is 6.39. The molecular formula is C17H22ClNOS. The number of hydrogen-bond donors (Lipinski definition) is 1. The van der Waals surface area contributed by atoms with Gasteiger partial charge in [-0.2, -0.15) is 0 Å². The minimum Gasteiger partial charge on any atom is -0.497 e. The largest absolute Gasteiger partial charge is 0.497 e. The molecule has 1 aromatic carbocycles. The average molecular weight is 324 g/mol. The van der Waals surface area contributed by atoms with Gasteiger partial charge in [0, 0.05) is 22.4 Å². The van der Waals surface area contributed by atoms with Crippen LogP contribution >= 0.6 is 23.7 Å². The quantitative estimate of drug-likeness (QED) is 0.878. The fraction of sp³-hybridized carbons (Fsp3) is 0.412. The molecule has 1 fully saturated rings. The summed E-state index contributed by atoms with van der Waals surface area (Å²) < 4.78 is 5.23. The van der Waals surface area contributed by atoms with Crippen molar-refractivity contribution >= 4 is 23.7 Å². The lowest BCUT2D eigenvalue weighted by Gasteiger charge is -2.26. The molecule has 2 heterocycles. The molecule has 0 amide bonds. The first-order chi connectivity index (χ1) is 9.60. The molecule has 3 rings (SSSR count). The first kappa shape index (κ1) is 16.3. The number of hydrogen-bond acceptors (Lipinski definition) is 3. The van der Waals surface area contributed by atoms with Crippen LogP contribution in [0.2, 0.25) is 0 Å². The Morgan fingerprint density at radius 1 is 1.19 bits per heavy atom. The van der Waals surface area contributed by atoms with Crippen LogP contribution in [0.1, 0.15) is 42.7 Å². The molecule has 0 bridgehead atoms. The Morgan fingerprint density at radius 2 is 1.90 bits per heavy atom. The molecular weight excluding hydrogens is 302 g/mol. The van der Waals surface area contributed by atoms with Crippen molar-refractivity contribution in [1.82, 2.24) is 5.32 Å². The van der Waals surface area contributed by atoms with Crippen molar-refractivity contribution in [3.63, 3.8) is 0 Å². The number of methoxy groups -OCH3 is 1. The number of thiophene rings is 1. The van der Waals surface area contributed by atoms with E-state index in [1.807, 2.05) is 23.5 Å². The van der Waals surface area contributed by atoms with E-state index in [-0.39, 0.29) is 17.9 Å². The Morgan fingerprint density at radius 3 is 2.48 bits per heavy atom. The maximum atomic E-state index is 5.23. The molecule has 0 unspecified atom stereocenters. The highest BCUT2D eigenvalue weighted by Gasteiger charge is 2.41. The monoisotopic (exact) mass is 323 g/mol. The number of ether oxygens (including phenoxy) is 1. The lowest BCUT2D eigenvalue weighted by Crippen LogP contribution is -2.37. The van der Waals surface area contributed by atoms with Crippen LogP contribution in [0.4, 0.5) is 0 Å². The first-order valence-corrected chi connectivity index (χ1v) is 7.93. The van der Waals surface area contributed by atoms with Gasteiger partial charge in [-0.1, -0.05) is 18.2 Å². The number of nitrogens with one attached hydrogen (secondary N) is 1. The first-order valence-electron chi connectivity index (χ1n) is 7.05. The normalized spacial score (nSPS) is 23.6. The fourth-order valence-electron chi connectivity index (χ4n) is 3.16. The van der Waals surface area contributed by atoms with E-state index in [9.17, 15) is 0 Å². The van der Waals surface area contributed by atoms with E-state index >= 15 is 0 Å². The SMILES string of the molecule is COc1ccc([C@H]2C[C@@H](c3cccs3)C(C)(C)N2)cc1.Cl. The van der Waals surface area contributed by atoms with Crippen molar-refractivity contribution in [2.45, 2.75) is 37.8 Å². The molecule has 1 aromatic heterocycles. The van der Waals surface area contributed by atoms with E-state index < -0.39 is 0 Å². The summed E-state index contributed by atoms with van der Waals surface area (Å²) in [5, 5.41) is 5.96. The molecule has 0 saturated carbocycles. The van der Waals surface area contributed by atoms with E-state index in [0.717, 1.165) is 12.2 Å². The molecule has 2 nitrogen and oxygen atoms in total. The van der Waals surface area contributed by atoms with Gasteiger partial charge in [-0.25, -0.2) is 0 Å². The van der Waals surface area contributed by atoms with Crippen molar-refractivity contribution in [2.75, 3.05) is 7.11 Å². The van der Waals surface area contributed by atoms with Crippen LogP contribution in [0.5, 0.6) is 5.75 Å². The summed E-state index contributed by atoms with van der Waals surface area (Å²) in [7, 11) is 1.71. The maximum Gasteiger partial charge on any atom is 0.118 e. The molecule has 1 aliphatic heterocycles. The molecule has 114 valence electrons. The smallest absolute Gasteiger partial charge is 0.118 e. The number of benzene rings is 1. The molecule has 0 radical (unpaired) electrons. The van der Waals surface area contributed by atoms with E-state index in [1.165, 1.54) is 10.4 Å². The van der Waals surface area contributed by atoms with Crippen LogP contribution in [-0.4, -0.2) is 12.6 Å². The van der Waals surface area contributed by atoms with Crippen LogP contribution in [0.15, 0.2) is 41.8 Å². The fourth-order valence-corrected chi connectivity index (χ4v) is 4.18. The average Bonchev–Trinajstić information content (AvgIpc) is 3.06. The van der Waals surface area contributed by atoms with Gasteiger partial charge in [0.1, 0.15) is 5.75 Å². The van der Waals surface area contributed by atoms with E-state index in [1.54, 1.807) is 7.11 Å². The summed E-state index contributed by atoms with van der Waals surface area (Å²) in [4.78, 5) is 1.48. The van der Waals surface area contributed by atoms with Crippen LogP contribution < -0.4 is 10.1 Å². The highest BCUT2D eigenvalue weighted by atomic mass is 35.5. The number of rotatable bonds is 3. The van der Waals surface area contributed by atoms with Gasteiger partial charge in [0.15, 0.2) is 0 Å². The van der Waals surface area contributed by atoms with E-state index in [2.05, 4.69) is 48.8 Å². The summed E-state index contributed by atoms with van der Waals surface area (Å²) in [6.07, 6.45) is 1.15. The van der Waals surface area contributed by atoms with Crippen molar-refractivity contribution in [3.8, 4) is 5.75 Å². The highest BCUT2D eigenvalue weighted by Crippen LogP contribution is 2.45. The molecule has 2 aromatic rings. The zero-order chi connectivity index (χ0) is 14.2. The van der Waals surface area contributed by atoms with Crippen molar-refractivity contribution < 1.29 is 4.74 Å². The van der Waals surface area contributed by atoms with Crippen molar-refractivity contribution in [2.24, 2.45) is 0 Å². The van der Waals surface area contributed by atoms with Gasteiger partial charge < -0.3 is 10.1 Å². The topological polar surface area (TPSA) is 21.3 Å². The zero-order valence-electron chi connectivity index (χ0n) is 12.6. The van der Waals surface area contributed by atoms with Crippen molar-refractivity contribution in [3.05, 3.63) is 52.2 Å². The molecule has 1 aliphatic rings. The van der Waals surface area contributed by atoms with E-state index in [0.29, 0.717) is 12.0 Å². The molecule has 21 heavy (non-hydrogen) atoms. The summed E-state index contributed by atoms with van der Waals surface area (Å²) in [6.45, 7) is 4.61. The van der Waals surface area contributed by atoms with Crippen LogP contribution in [0, 0.1) is 0 Å². The zero-order valence-corrected chi connectivity index (χ0v) is 14.3. The van der Waals surface area contributed by atoms with Crippen LogP contribution in [0.25, 0.3) is 0 Å². The minimum absolute atomic E-state index is 0. The lowest BCUT2D eigenvalue weighted by atomic mass is 9.87. The third-order valence-electron chi connectivity index (χ3n) is 4.29. The Labute approximate surface area is 136 Å². The predicted octanol–water partition coefficient (Wildman–Crippen LogP) is 4.78. The highest BCUT2D eigenvalue weighted by molar-refractivity contribution is 7.10. The molecule has 1 saturated heterocycles. The van der Waals surface area contributed by atoms with E-state index in [4.69, 9.17) is 4.74 Å². The van der Waals surface area contributed by atoms with Gasteiger partial charge >= 0.3 is 0 Å². The van der Waals surface area contributed by atoms with Crippen LogP contribution in [-0.2, 0) is 0 Å². The second-order valence-corrected chi connectivity index (χ2v) is 6.97. The van der Waals surface area contributed by atoms with Gasteiger partial charge in [0.05, 0.1) is 7.11 Å². The Hall–Kier alpha value is -1.03. The molecule has 0 aliphatic carbocycles. The summed E-state index contributed by atoms with van der Waals surface area (Å²) in [5.41, 5.74) is 1.48. The van der Waals surface area contributed by atoms with Gasteiger partial charge in [0.25, 0.3) is 0 Å². The summed E-state index contributed by atoms with van der Waals surface area (Å²) >= 11 is 1.87. The molecule has 2 atom stereocenters. The molecule has 0 spiro atoms. The van der Waals surface area contributed by atoms with Gasteiger partial charge in [-0.3, -0.25) is 0 Å². The summed E-state index contributed by atoms with van der Waals surface area (Å²) in [6, 6.07) is 13.3. The standard InChI is InChI=1S/C17H21NOS.ClH/c1-17(2)14(16-5-4-10-20-16)11-15(18-17)12-6-8-13(19-3)9-7-12;/h4-10,14-15,18H,11H2,1-3H3;1H/t14-,15+;/m0./s1. The molecule has 1 N–H and O–H groups in total. The van der Waals surface area contributed by atoms with Crippen molar-refractivity contribution in [1.29, 1.82) is 0 Å². The van der Waals surface area contributed by atoms with Gasteiger partial charge in [-0.15, -0.1) is 23.7 Å². The number of halogens is 1. The van der Waals surface area contributed by atoms with Crippen LogP contribution in [0.3, 0.4) is 0 Å². The second-order valence-electron chi connectivity index (χ2n) is 6.00. The Balaban J connectivity index is 0.00000161. The Kier molecular flexibility index (Phi) is 4.97. The predicted molar refractivity (Wildman–Crippen MR) is 91.9 cm³/mol. The minimum atomic E-state index is 0. The summed E-state index contributed by atoms with van der Waals surface area (Å²) in [5.74, 6) is 1.50. The lowest BCUT2D eigenvalue weighted by molar-refractivity contribution is 0.400. The van der Waals surface area contributed by atoms with Gasteiger partial charge in [-0.05, 0) is 49.4 Å². The third kappa shape index (κ3) is 3.25. The van der Waals surface area contributed by atoms with Gasteiger partial charge in [0.2, 0.25) is 0 Å². The maximum absolute atomic E-state index is 5.23. The third-order valence-corrected chi connectivity index (χ3v) is 5.28.